The van der Waals surface area contributed by atoms with Gasteiger partial charge in [-0.05, 0) is 30.7 Å². The van der Waals surface area contributed by atoms with E-state index in [1.165, 1.54) is 37.8 Å². The molecule has 0 aromatic heterocycles. The van der Waals surface area contributed by atoms with Gasteiger partial charge in [-0.1, -0.05) is 12.8 Å². The summed E-state index contributed by atoms with van der Waals surface area (Å²) in [6, 6.07) is 4.17. The quantitative estimate of drug-likeness (QED) is 0.630. The average molecular weight is 324 g/mol. The van der Waals surface area contributed by atoms with E-state index in [4.69, 9.17) is 0 Å². The number of hydrogen-bond acceptors (Lipinski definition) is 5. The van der Waals surface area contributed by atoms with E-state index >= 15 is 0 Å². The highest BCUT2D eigenvalue weighted by molar-refractivity contribution is 7.90. The number of sulfone groups is 1. The molecule has 0 spiro atoms. The predicted molar refractivity (Wildman–Crippen MR) is 83.9 cm³/mol. The van der Waals surface area contributed by atoms with Gasteiger partial charge in [0.15, 0.2) is 9.84 Å². The summed E-state index contributed by atoms with van der Waals surface area (Å²) in [6.45, 7) is 1.70. The molecule has 2 aliphatic rings. The van der Waals surface area contributed by atoms with Gasteiger partial charge in [0.2, 0.25) is 0 Å². The van der Waals surface area contributed by atoms with Crippen LogP contribution >= 0.6 is 0 Å². The molecule has 3 rings (SSSR count). The van der Waals surface area contributed by atoms with Gasteiger partial charge in [0.05, 0.1) is 15.5 Å². The number of fused-ring (bicyclic) bond motifs is 1. The number of hydrogen-bond donors (Lipinski definition) is 0. The van der Waals surface area contributed by atoms with Crippen molar-refractivity contribution in [2.75, 3.05) is 24.2 Å². The number of non-ortho nitro benzene ring substituents is 1. The van der Waals surface area contributed by atoms with Crippen LogP contribution in [0.25, 0.3) is 0 Å². The SMILES string of the molecule is CS(=O)(=O)c1cc([N+](=O)[O-])ccc1N1C[C@H]2CCCC[C@H]2C1. The maximum absolute atomic E-state index is 12.1. The molecule has 0 unspecified atom stereocenters. The van der Waals surface area contributed by atoms with Crippen molar-refractivity contribution in [1.82, 2.24) is 0 Å². The summed E-state index contributed by atoms with van der Waals surface area (Å²) in [5.41, 5.74) is 0.434. The van der Waals surface area contributed by atoms with E-state index in [0.717, 1.165) is 19.3 Å². The van der Waals surface area contributed by atoms with Crippen molar-refractivity contribution in [2.45, 2.75) is 30.6 Å². The Morgan fingerprint density at radius 3 is 2.27 bits per heavy atom. The minimum Gasteiger partial charge on any atom is -0.370 e. The summed E-state index contributed by atoms with van der Waals surface area (Å²) >= 11 is 0. The fraction of sp³-hybridized carbons (Fsp3) is 0.600. The molecule has 2 atom stereocenters. The van der Waals surface area contributed by atoms with E-state index in [0.29, 0.717) is 17.5 Å². The van der Waals surface area contributed by atoms with Crippen LogP contribution in [0.4, 0.5) is 11.4 Å². The van der Waals surface area contributed by atoms with Gasteiger partial charge >= 0.3 is 0 Å². The summed E-state index contributed by atoms with van der Waals surface area (Å²) in [5.74, 6) is 1.24. The van der Waals surface area contributed by atoms with E-state index in [1.54, 1.807) is 6.07 Å². The highest BCUT2D eigenvalue weighted by Crippen LogP contribution is 2.40. The zero-order valence-electron chi connectivity index (χ0n) is 12.6. The third kappa shape index (κ3) is 2.82. The highest BCUT2D eigenvalue weighted by Gasteiger charge is 2.36. The van der Waals surface area contributed by atoms with Gasteiger partial charge in [-0.15, -0.1) is 0 Å². The van der Waals surface area contributed by atoms with Crippen LogP contribution in [0.5, 0.6) is 0 Å². The molecule has 22 heavy (non-hydrogen) atoms. The molecular weight excluding hydrogens is 304 g/mol. The normalized spacial score (nSPS) is 25.0. The fourth-order valence-electron chi connectivity index (χ4n) is 3.78. The molecule has 1 aromatic rings. The van der Waals surface area contributed by atoms with Crippen molar-refractivity contribution < 1.29 is 13.3 Å². The lowest BCUT2D eigenvalue weighted by molar-refractivity contribution is -0.385. The molecule has 1 saturated heterocycles. The minimum absolute atomic E-state index is 0.0698. The third-order valence-electron chi connectivity index (χ3n) is 4.87. The summed E-state index contributed by atoms with van der Waals surface area (Å²) < 4.78 is 24.1. The zero-order chi connectivity index (χ0) is 15.9. The van der Waals surface area contributed by atoms with E-state index in [-0.39, 0.29) is 10.6 Å². The standard InChI is InChI=1S/C15H20N2O4S/c1-22(20,21)15-8-13(17(18)19)6-7-14(15)16-9-11-4-2-3-5-12(11)10-16/h6-8,11-12H,2-5,9-10H2,1H3/t11-,12+. The summed E-state index contributed by atoms with van der Waals surface area (Å²) in [7, 11) is -3.51. The largest absolute Gasteiger partial charge is 0.370 e. The smallest absolute Gasteiger partial charge is 0.270 e. The van der Waals surface area contributed by atoms with Crippen LogP contribution in [0.1, 0.15) is 25.7 Å². The molecule has 1 aromatic carbocycles. The van der Waals surface area contributed by atoms with Gasteiger partial charge in [-0.3, -0.25) is 10.1 Å². The Balaban J connectivity index is 1.98. The average Bonchev–Trinajstić information content (AvgIpc) is 2.89. The van der Waals surface area contributed by atoms with Crippen LogP contribution in [0.15, 0.2) is 23.1 Å². The van der Waals surface area contributed by atoms with E-state index in [1.807, 2.05) is 0 Å². The predicted octanol–water partition coefficient (Wildman–Crippen LogP) is 2.62. The van der Waals surface area contributed by atoms with Gasteiger partial charge in [-0.2, -0.15) is 0 Å². The second-order valence-corrected chi connectivity index (χ2v) is 8.38. The number of rotatable bonds is 3. The van der Waals surface area contributed by atoms with Crippen LogP contribution in [0.3, 0.4) is 0 Å². The Labute approximate surface area is 130 Å². The molecule has 7 heteroatoms. The molecule has 0 radical (unpaired) electrons. The van der Waals surface area contributed by atoms with Crippen molar-refractivity contribution >= 4 is 21.2 Å². The molecule has 1 saturated carbocycles. The van der Waals surface area contributed by atoms with Gasteiger partial charge in [-0.25, -0.2) is 8.42 Å². The molecule has 0 N–H and O–H groups in total. The maximum atomic E-state index is 12.1. The summed E-state index contributed by atoms with van der Waals surface area (Å²) in [6.07, 6.45) is 5.99. The lowest BCUT2D eigenvalue weighted by Gasteiger charge is -2.22. The van der Waals surface area contributed by atoms with E-state index < -0.39 is 14.8 Å². The monoisotopic (exact) mass is 324 g/mol. The molecule has 0 bridgehead atoms. The first-order valence-corrected chi connectivity index (χ1v) is 9.49. The van der Waals surface area contributed by atoms with Gasteiger partial charge in [0.1, 0.15) is 0 Å². The van der Waals surface area contributed by atoms with Gasteiger partial charge in [0, 0.05) is 31.5 Å². The Kier molecular flexibility index (Phi) is 3.84. The topological polar surface area (TPSA) is 80.5 Å². The molecule has 6 nitrogen and oxygen atoms in total. The first-order chi connectivity index (χ1) is 10.4. The Hall–Kier alpha value is -1.63. The van der Waals surface area contributed by atoms with E-state index in [9.17, 15) is 18.5 Å². The van der Waals surface area contributed by atoms with Crippen LogP contribution in [-0.4, -0.2) is 32.7 Å². The summed E-state index contributed by atoms with van der Waals surface area (Å²) in [4.78, 5) is 12.5. The lowest BCUT2D eigenvalue weighted by Crippen LogP contribution is -2.22. The third-order valence-corrected chi connectivity index (χ3v) is 6.00. The molecule has 1 heterocycles. The molecule has 1 aliphatic heterocycles. The van der Waals surface area contributed by atoms with Crippen LogP contribution in [-0.2, 0) is 9.84 Å². The molecule has 1 aliphatic carbocycles. The Bertz CT molecular complexity index is 687. The molecule has 2 fully saturated rings. The molecule has 120 valence electrons. The van der Waals surface area contributed by atoms with Crippen molar-refractivity contribution in [2.24, 2.45) is 11.8 Å². The fourth-order valence-corrected chi connectivity index (χ4v) is 4.69. The van der Waals surface area contributed by atoms with Crippen molar-refractivity contribution in [3.63, 3.8) is 0 Å². The maximum Gasteiger partial charge on any atom is 0.270 e. The first kappa shape index (κ1) is 15.3. The van der Waals surface area contributed by atoms with Crippen LogP contribution < -0.4 is 4.90 Å². The number of nitrogens with zero attached hydrogens (tertiary/aromatic N) is 2. The van der Waals surface area contributed by atoms with Crippen LogP contribution in [0.2, 0.25) is 0 Å². The van der Waals surface area contributed by atoms with Crippen molar-refractivity contribution in [1.29, 1.82) is 0 Å². The second-order valence-electron chi connectivity index (χ2n) is 6.39. The lowest BCUT2D eigenvalue weighted by atomic mass is 9.82. The molecular formula is C15H20N2O4S. The van der Waals surface area contributed by atoms with Crippen molar-refractivity contribution in [3.05, 3.63) is 28.3 Å². The minimum atomic E-state index is -3.51. The zero-order valence-corrected chi connectivity index (χ0v) is 13.4. The van der Waals surface area contributed by atoms with Crippen molar-refractivity contribution in [3.8, 4) is 0 Å². The Morgan fingerprint density at radius 2 is 1.77 bits per heavy atom. The van der Waals surface area contributed by atoms with E-state index in [2.05, 4.69) is 4.90 Å². The Morgan fingerprint density at radius 1 is 1.18 bits per heavy atom. The molecule has 0 amide bonds. The second kappa shape index (κ2) is 5.53. The number of anilines is 1. The highest BCUT2D eigenvalue weighted by atomic mass is 32.2. The number of nitro groups is 1. The number of benzene rings is 1. The number of nitro benzene ring substituents is 1. The van der Waals surface area contributed by atoms with Gasteiger partial charge < -0.3 is 4.90 Å². The van der Waals surface area contributed by atoms with Gasteiger partial charge in [0.25, 0.3) is 5.69 Å². The summed E-state index contributed by atoms with van der Waals surface area (Å²) in [5, 5.41) is 10.9. The first-order valence-electron chi connectivity index (χ1n) is 7.59. The van der Waals surface area contributed by atoms with Crippen LogP contribution in [0, 0.1) is 22.0 Å².